The highest BCUT2D eigenvalue weighted by Gasteiger charge is 2.14. The van der Waals surface area contributed by atoms with Gasteiger partial charge in [-0.05, 0) is 34.8 Å². The van der Waals surface area contributed by atoms with Gasteiger partial charge < -0.3 is 10.1 Å². The lowest BCUT2D eigenvalue weighted by atomic mass is 10.3. The largest absolute Gasteiger partial charge is 0.377 e. The first-order valence-corrected chi connectivity index (χ1v) is 7.57. The van der Waals surface area contributed by atoms with E-state index in [9.17, 15) is 0 Å². The summed E-state index contributed by atoms with van der Waals surface area (Å²) in [7, 11) is 0. The van der Waals surface area contributed by atoms with Gasteiger partial charge in [0.1, 0.15) is 0 Å². The number of ether oxygens (including phenoxy) is 1. The summed E-state index contributed by atoms with van der Waals surface area (Å²) in [6.07, 6.45) is 5.76. The van der Waals surface area contributed by atoms with Gasteiger partial charge in [0.25, 0.3) is 0 Å². The van der Waals surface area contributed by atoms with Crippen LogP contribution in [0.15, 0.2) is 15.9 Å². The van der Waals surface area contributed by atoms with Crippen LogP contribution >= 0.6 is 27.3 Å². The van der Waals surface area contributed by atoms with E-state index in [1.165, 1.54) is 35.0 Å². The van der Waals surface area contributed by atoms with Crippen molar-refractivity contribution in [1.82, 2.24) is 5.32 Å². The number of rotatable bonds is 6. The van der Waals surface area contributed by atoms with E-state index < -0.39 is 0 Å². The van der Waals surface area contributed by atoms with Crippen LogP contribution in [-0.4, -0.2) is 19.3 Å². The molecule has 16 heavy (non-hydrogen) atoms. The highest BCUT2D eigenvalue weighted by molar-refractivity contribution is 9.10. The fourth-order valence-electron chi connectivity index (χ4n) is 2.01. The second-order valence-corrected chi connectivity index (χ2v) is 6.10. The van der Waals surface area contributed by atoms with Crippen molar-refractivity contribution in [3.63, 3.8) is 0 Å². The molecule has 0 unspecified atom stereocenters. The minimum Gasteiger partial charge on any atom is -0.377 e. The van der Waals surface area contributed by atoms with Crippen molar-refractivity contribution in [2.75, 3.05) is 13.2 Å². The molecule has 90 valence electrons. The lowest BCUT2D eigenvalue weighted by Gasteiger charge is -2.10. The molecule has 1 aliphatic carbocycles. The van der Waals surface area contributed by atoms with Crippen molar-refractivity contribution in [1.29, 1.82) is 0 Å². The van der Waals surface area contributed by atoms with Gasteiger partial charge >= 0.3 is 0 Å². The zero-order valence-corrected chi connectivity index (χ0v) is 11.8. The summed E-state index contributed by atoms with van der Waals surface area (Å²) in [5.74, 6) is 0. The zero-order valence-electron chi connectivity index (χ0n) is 9.38. The van der Waals surface area contributed by atoms with E-state index in [4.69, 9.17) is 4.74 Å². The van der Waals surface area contributed by atoms with E-state index in [0.717, 1.165) is 19.7 Å². The van der Waals surface area contributed by atoms with Crippen LogP contribution < -0.4 is 5.32 Å². The molecule has 1 aliphatic rings. The van der Waals surface area contributed by atoms with Gasteiger partial charge in [0.2, 0.25) is 0 Å². The molecule has 1 aromatic heterocycles. The molecule has 1 fully saturated rings. The summed E-state index contributed by atoms with van der Waals surface area (Å²) in [5.41, 5.74) is 0. The van der Waals surface area contributed by atoms with Gasteiger partial charge in [-0.25, -0.2) is 0 Å². The Morgan fingerprint density at radius 3 is 2.94 bits per heavy atom. The molecule has 0 saturated heterocycles. The Morgan fingerprint density at radius 2 is 2.25 bits per heavy atom. The summed E-state index contributed by atoms with van der Waals surface area (Å²) in [6.45, 7) is 2.74. The summed E-state index contributed by atoms with van der Waals surface area (Å²) in [5, 5.41) is 5.52. The molecule has 0 radical (unpaired) electrons. The Morgan fingerprint density at radius 1 is 1.44 bits per heavy atom. The SMILES string of the molecule is Brc1csc(CNCCOC2CCCC2)c1. The lowest BCUT2D eigenvalue weighted by molar-refractivity contribution is 0.0603. The van der Waals surface area contributed by atoms with E-state index in [1.807, 2.05) is 0 Å². The summed E-state index contributed by atoms with van der Waals surface area (Å²) in [6, 6.07) is 2.16. The Bertz CT molecular complexity index is 310. The molecule has 0 bridgehead atoms. The van der Waals surface area contributed by atoms with Crippen LogP contribution in [0.2, 0.25) is 0 Å². The third-order valence-electron chi connectivity index (χ3n) is 2.86. The molecular formula is C12H18BrNOS. The molecule has 2 rings (SSSR count). The zero-order chi connectivity index (χ0) is 11.2. The normalized spacial score (nSPS) is 17.1. The molecule has 0 amide bonds. The summed E-state index contributed by atoms with van der Waals surface area (Å²) < 4.78 is 6.96. The number of nitrogens with one attached hydrogen (secondary N) is 1. The minimum atomic E-state index is 0.540. The quantitative estimate of drug-likeness (QED) is 0.811. The first-order valence-electron chi connectivity index (χ1n) is 5.90. The monoisotopic (exact) mass is 303 g/mol. The number of thiophene rings is 1. The predicted octanol–water partition coefficient (Wildman–Crippen LogP) is 3.56. The number of halogens is 1. The Labute approximate surface area is 110 Å². The van der Waals surface area contributed by atoms with Crippen molar-refractivity contribution in [3.05, 3.63) is 20.8 Å². The summed E-state index contributed by atoms with van der Waals surface area (Å²) in [4.78, 5) is 1.37. The molecule has 4 heteroatoms. The maximum atomic E-state index is 5.78. The van der Waals surface area contributed by atoms with E-state index in [-0.39, 0.29) is 0 Å². The van der Waals surface area contributed by atoms with Crippen LogP contribution in [0.5, 0.6) is 0 Å². The van der Waals surface area contributed by atoms with Gasteiger partial charge in [0, 0.05) is 27.8 Å². The fourth-order valence-corrected chi connectivity index (χ4v) is 3.43. The van der Waals surface area contributed by atoms with Crippen LogP contribution in [0, 0.1) is 0 Å². The first kappa shape index (κ1) is 12.6. The Kier molecular flexibility index (Phi) is 5.29. The minimum absolute atomic E-state index is 0.540. The van der Waals surface area contributed by atoms with Gasteiger partial charge in [0.05, 0.1) is 12.7 Å². The van der Waals surface area contributed by atoms with E-state index >= 15 is 0 Å². The second-order valence-electron chi connectivity index (χ2n) is 4.19. The highest BCUT2D eigenvalue weighted by Crippen LogP contribution is 2.21. The van der Waals surface area contributed by atoms with Gasteiger partial charge in [0.15, 0.2) is 0 Å². The highest BCUT2D eigenvalue weighted by atomic mass is 79.9. The molecule has 2 nitrogen and oxygen atoms in total. The third kappa shape index (κ3) is 4.17. The topological polar surface area (TPSA) is 21.3 Å². The average molecular weight is 304 g/mol. The Balaban J connectivity index is 1.51. The predicted molar refractivity (Wildman–Crippen MR) is 71.9 cm³/mol. The maximum Gasteiger partial charge on any atom is 0.0594 e. The second kappa shape index (κ2) is 6.74. The van der Waals surface area contributed by atoms with Gasteiger partial charge in [-0.1, -0.05) is 12.8 Å². The first-order chi connectivity index (χ1) is 7.84. The van der Waals surface area contributed by atoms with Crippen molar-refractivity contribution >= 4 is 27.3 Å². The van der Waals surface area contributed by atoms with Crippen molar-refractivity contribution in [2.45, 2.75) is 38.3 Å². The van der Waals surface area contributed by atoms with Crippen molar-refractivity contribution in [2.24, 2.45) is 0 Å². The molecule has 0 spiro atoms. The molecule has 1 saturated carbocycles. The van der Waals surface area contributed by atoms with Crippen LogP contribution in [0.4, 0.5) is 0 Å². The third-order valence-corrected chi connectivity index (χ3v) is 4.55. The standard InChI is InChI=1S/C12H18BrNOS/c13-10-7-12(16-9-10)8-14-5-6-15-11-3-1-2-4-11/h7,9,11,14H,1-6,8H2. The smallest absolute Gasteiger partial charge is 0.0594 e. The molecule has 1 N–H and O–H groups in total. The van der Waals surface area contributed by atoms with Gasteiger partial charge in [-0.15, -0.1) is 11.3 Å². The van der Waals surface area contributed by atoms with E-state index in [0.29, 0.717) is 6.10 Å². The number of hydrogen-bond donors (Lipinski definition) is 1. The summed E-state index contributed by atoms with van der Waals surface area (Å²) >= 11 is 5.24. The van der Waals surface area contributed by atoms with Gasteiger partial charge in [-0.3, -0.25) is 0 Å². The maximum absolute atomic E-state index is 5.78. The van der Waals surface area contributed by atoms with Crippen molar-refractivity contribution in [3.8, 4) is 0 Å². The van der Waals surface area contributed by atoms with Crippen LogP contribution in [-0.2, 0) is 11.3 Å². The van der Waals surface area contributed by atoms with E-state index in [1.54, 1.807) is 11.3 Å². The average Bonchev–Trinajstić information content (AvgIpc) is 2.89. The Hall–Kier alpha value is 0.1000. The van der Waals surface area contributed by atoms with Crippen LogP contribution in [0.25, 0.3) is 0 Å². The fraction of sp³-hybridized carbons (Fsp3) is 0.667. The lowest BCUT2D eigenvalue weighted by Crippen LogP contribution is -2.21. The molecule has 0 aromatic carbocycles. The van der Waals surface area contributed by atoms with Crippen molar-refractivity contribution < 1.29 is 4.74 Å². The van der Waals surface area contributed by atoms with Crippen LogP contribution in [0.1, 0.15) is 30.6 Å². The molecule has 1 aromatic rings. The molecule has 0 atom stereocenters. The molecule has 1 heterocycles. The number of hydrogen-bond acceptors (Lipinski definition) is 3. The van der Waals surface area contributed by atoms with Gasteiger partial charge in [-0.2, -0.15) is 0 Å². The van der Waals surface area contributed by atoms with Crippen LogP contribution in [0.3, 0.4) is 0 Å². The molecular weight excluding hydrogens is 286 g/mol. The molecule has 0 aliphatic heterocycles. The van der Waals surface area contributed by atoms with E-state index in [2.05, 4.69) is 32.7 Å².